The third-order valence-electron chi connectivity index (χ3n) is 5.71. The van der Waals surface area contributed by atoms with E-state index in [1.807, 2.05) is 36.6 Å². The Balaban J connectivity index is 1.83. The van der Waals surface area contributed by atoms with E-state index in [1.165, 1.54) is 6.42 Å². The van der Waals surface area contributed by atoms with Gasteiger partial charge in [0.25, 0.3) is 5.91 Å². The van der Waals surface area contributed by atoms with Gasteiger partial charge in [-0.2, -0.15) is 5.26 Å². The largest absolute Gasteiger partial charge is 0.462 e. The molecule has 0 radical (unpaired) electrons. The van der Waals surface area contributed by atoms with E-state index in [-0.39, 0.29) is 23.5 Å². The standard InChI is InChI=1S/C25H29N3O3/c1-4-31-25(30)19-10-12-23(13-11-19)28-17(2)14-20(18(28)3)15-21(16-26)24(29)27-22-8-6-5-7-9-22/h10-15,22H,4-9H2,1-3H3,(H,27,29)/b21-15+. The Bertz CT molecular complexity index is 1020. The van der Waals surface area contributed by atoms with Crippen molar-refractivity contribution in [3.63, 3.8) is 0 Å². The number of nitrogens with one attached hydrogen (secondary N) is 1. The van der Waals surface area contributed by atoms with Crippen molar-refractivity contribution in [1.82, 2.24) is 9.88 Å². The van der Waals surface area contributed by atoms with Crippen LogP contribution in [0.1, 0.15) is 66.3 Å². The summed E-state index contributed by atoms with van der Waals surface area (Å²) in [6.07, 6.45) is 7.05. The molecular formula is C25H29N3O3. The molecule has 1 aliphatic rings. The maximum atomic E-state index is 12.6. The number of esters is 1. The van der Waals surface area contributed by atoms with Gasteiger partial charge in [0.1, 0.15) is 11.6 Å². The minimum atomic E-state index is -0.346. The molecule has 0 saturated heterocycles. The first-order valence-corrected chi connectivity index (χ1v) is 10.8. The van der Waals surface area contributed by atoms with E-state index >= 15 is 0 Å². The SMILES string of the molecule is CCOC(=O)c1ccc(-n2c(C)cc(/C=C(\C#N)C(=O)NC3CCCCC3)c2C)cc1. The Hall–Kier alpha value is -3.33. The van der Waals surface area contributed by atoms with E-state index in [2.05, 4.69) is 11.4 Å². The van der Waals surface area contributed by atoms with E-state index in [9.17, 15) is 14.9 Å². The molecule has 2 aromatic rings. The van der Waals surface area contributed by atoms with Gasteiger partial charge >= 0.3 is 5.97 Å². The molecule has 3 rings (SSSR count). The second-order valence-electron chi connectivity index (χ2n) is 7.91. The molecule has 1 heterocycles. The first kappa shape index (κ1) is 22.4. The molecule has 0 atom stereocenters. The van der Waals surface area contributed by atoms with Crippen molar-refractivity contribution >= 4 is 18.0 Å². The summed E-state index contributed by atoms with van der Waals surface area (Å²) < 4.78 is 7.07. The van der Waals surface area contributed by atoms with Crippen molar-refractivity contribution in [3.8, 4) is 11.8 Å². The minimum absolute atomic E-state index is 0.114. The van der Waals surface area contributed by atoms with Crippen LogP contribution < -0.4 is 5.32 Å². The fraction of sp³-hybridized carbons (Fsp3) is 0.400. The highest BCUT2D eigenvalue weighted by Crippen LogP contribution is 2.24. The summed E-state index contributed by atoms with van der Waals surface area (Å²) in [5.74, 6) is -0.653. The van der Waals surface area contributed by atoms with Gasteiger partial charge in [-0.05, 0) is 75.6 Å². The van der Waals surface area contributed by atoms with Crippen LogP contribution in [0, 0.1) is 25.2 Å². The maximum Gasteiger partial charge on any atom is 0.338 e. The van der Waals surface area contributed by atoms with E-state index in [4.69, 9.17) is 4.74 Å². The maximum absolute atomic E-state index is 12.6. The Kier molecular flexibility index (Phi) is 7.30. The summed E-state index contributed by atoms with van der Waals surface area (Å²) >= 11 is 0. The van der Waals surface area contributed by atoms with Crippen LogP contribution in [0.5, 0.6) is 0 Å². The highest BCUT2D eigenvalue weighted by atomic mass is 16.5. The average Bonchev–Trinajstić information content (AvgIpc) is 3.05. The molecule has 0 spiro atoms. The van der Waals surface area contributed by atoms with Crippen molar-refractivity contribution in [2.45, 2.75) is 58.9 Å². The number of nitriles is 1. The van der Waals surface area contributed by atoms with E-state index in [0.717, 1.165) is 48.3 Å². The Morgan fingerprint density at radius 2 is 1.87 bits per heavy atom. The van der Waals surface area contributed by atoms with Crippen molar-refractivity contribution in [3.05, 3.63) is 58.4 Å². The molecule has 6 nitrogen and oxygen atoms in total. The molecule has 0 bridgehead atoms. The summed E-state index contributed by atoms with van der Waals surface area (Å²) in [5, 5.41) is 12.6. The third kappa shape index (κ3) is 5.24. The smallest absolute Gasteiger partial charge is 0.338 e. The summed E-state index contributed by atoms with van der Waals surface area (Å²) in [7, 11) is 0. The van der Waals surface area contributed by atoms with Gasteiger partial charge in [0.15, 0.2) is 0 Å². The van der Waals surface area contributed by atoms with Gasteiger partial charge in [0, 0.05) is 23.1 Å². The number of hydrogen-bond donors (Lipinski definition) is 1. The second kappa shape index (κ2) is 10.1. The van der Waals surface area contributed by atoms with E-state index in [0.29, 0.717) is 12.2 Å². The molecule has 1 saturated carbocycles. The molecule has 1 aromatic carbocycles. The van der Waals surface area contributed by atoms with Gasteiger partial charge in [0.2, 0.25) is 0 Å². The number of carbonyl (C=O) groups is 2. The number of benzene rings is 1. The van der Waals surface area contributed by atoms with Gasteiger partial charge < -0.3 is 14.6 Å². The number of amides is 1. The number of aryl methyl sites for hydroxylation is 1. The number of hydrogen-bond acceptors (Lipinski definition) is 4. The summed E-state index contributed by atoms with van der Waals surface area (Å²) in [6.45, 7) is 6.03. The summed E-state index contributed by atoms with van der Waals surface area (Å²) in [6, 6.07) is 11.4. The highest BCUT2D eigenvalue weighted by Gasteiger charge is 2.19. The van der Waals surface area contributed by atoms with Crippen molar-refractivity contribution in [1.29, 1.82) is 5.26 Å². The number of rotatable bonds is 6. The molecule has 0 aliphatic heterocycles. The van der Waals surface area contributed by atoms with Crippen LogP contribution in [-0.2, 0) is 9.53 Å². The molecule has 1 aliphatic carbocycles. The molecule has 31 heavy (non-hydrogen) atoms. The van der Waals surface area contributed by atoms with Crippen LogP contribution >= 0.6 is 0 Å². The van der Waals surface area contributed by atoms with Crippen LogP contribution in [0.2, 0.25) is 0 Å². The van der Waals surface area contributed by atoms with Crippen LogP contribution in [0.4, 0.5) is 0 Å². The number of carbonyl (C=O) groups excluding carboxylic acids is 2. The fourth-order valence-corrected chi connectivity index (χ4v) is 4.11. The van der Waals surface area contributed by atoms with Gasteiger partial charge in [-0.1, -0.05) is 19.3 Å². The molecule has 6 heteroatoms. The Morgan fingerprint density at radius 1 is 1.19 bits per heavy atom. The summed E-state index contributed by atoms with van der Waals surface area (Å²) in [4.78, 5) is 24.5. The van der Waals surface area contributed by atoms with E-state index < -0.39 is 0 Å². The second-order valence-corrected chi connectivity index (χ2v) is 7.91. The molecule has 0 unspecified atom stereocenters. The van der Waals surface area contributed by atoms with E-state index in [1.54, 1.807) is 25.1 Å². The number of ether oxygens (including phenoxy) is 1. The van der Waals surface area contributed by atoms with Crippen molar-refractivity contribution in [2.24, 2.45) is 0 Å². The molecular weight excluding hydrogens is 390 g/mol. The Morgan fingerprint density at radius 3 is 2.48 bits per heavy atom. The zero-order chi connectivity index (χ0) is 22.4. The van der Waals surface area contributed by atoms with Crippen molar-refractivity contribution in [2.75, 3.05) is 6.61 Å². The number of aromatic nitrogens is 1. The van der Waals surface area contributed by atoms with Crippen LogP contribution in [-0.4, -0.2) is 29.1 Å². The number of nitrogens with zero attached hydrogens (tertiary/aromatic N) is 2. The first-order valence-electron chi connectivity index (χ1n) is 10.8. The lowest BCUT2D eigenvalue weighted by molar-refractivity contribution is -0.117. The van der Waals surface area contributed by atoms with Gasteiger partial charge in [0.05, 0.1) is 12.2 Å². The van der Waals surface area contributed by atoms with Crippen LogP contribution in [0.15, 0.2) is 35.9 Å². The monoisotopic (exact) mass is 419 g/mol. The zero-order valence-corrected chi connectivity index (χ0v) is 18.4. The molecule has 1 aromatic heterocycles. The first-order chi connectivity index (χ1) is 14.9. The van der Waals surface area contributed by atoms with Crippen LogP contribution in [0.25, 0.3) is 11.8 Å². The van der Waals surface area contributed by atoms with Gasteiger partial charge in [-0.25, -0.2) is 4.79 Å². The zero-order valence-electron chi connectivity index (χ0n) is 18.4. The molecule has 1 fully saturated rings. The molecule has 162 valence electrons. The Labute approximate surface area is 183 Å². The highest BCUT2D eigenvalue weighted by molar-refractivity contribution is 6.02. The lowest BCUT2D eigenvalue weighted by Gasteiger charge is -2.22. The van der Waals surface area contributed by atoms with Crippen molar-refractivity contribution < 1.29 is 14.3 Å². The predicted molar refractivity (Wildman–Crippen MR) is 120 cm³/mol. The molecule has 1 amide bonds. The predicted octanol–water partition coefficient (Wildman–Crippen LogP) is 4.63. The molecule has 1 N–H and O–H groups in total. The lowest BCUT2D eigenvalue weighted by atomic mass is 9.95. The van der Waals surface area contributed by atoms with Crippen LogP contribution in [0.3, 0.4) is 0 Å². The minimum Gasteiger partial charge on any atom is -0.462 e. The van der Waals surface area contributed by atoms with Gasteiger partial charge in [-0.15, -0.1) is 0 Å². The fourth-order valence-electron chi connectivity index (χ4n) is 4.11. The average molecular weight is 420 g/mol. The topological polar surface area (TPSA) is 84.1 Å². The van der Waals surface area contributed by atoms with Gasteiger partial charge in [-0.3, -0.25) is 4.79 Å². The lowest BCUT2D eigenvalue weighted by Crippen LogP contribution is -2.36. The summed E-state index contributed by atoms with van der Waals surface area (Å²) in [5.41, 5.74) is 4.22. The quantitative estimate of drug-likeness (QED) is 0.420. The third-order valence-corrected chi connectivity index (χ3v) is 5.71. The normalized spacial score (nSPS) is 14.7.